The zero-order valence-corrected chi connectivity index (χ0v) is 20.2. The van der Waals surface area contributed by atoms with Gasteiger partial charge in [0.25, 0.3) is 0 Å². The van der Waals surface area contributed by atoms with Gasteiger partial charge in [-0.25, -0.2) is 8.42 Å². The van der Waals surface area contributed by atoms with E-state index in [0.29, 0.717) is 29.5 Å². The summed E-state index contributed by atoms with van der Waals surface area (Å²) >= 11 is 1.26. The number of aromatic nitrogens is 1. The van der Waals surface area contributed by atoms with Crippen molar-refractivity contribution in [2.24, 2.45) is 4.99 Å². The van der Waals surface area contributed by atoms with Crippen LogP contribution in [0.3, 0.4) is 0 Å². The van der Waals surface area contributed by atoms with Crippen LogP contribution in [-0.2, 0) is 30.7 Å². The van der Waals surface area contributed by atoms with Crippen LogP contribution in [-0.4, -0.2) is 50.4 Å². The van der Waals surface area contributed by atoms with Crippen molar-refractivity contribution in [3.05, 3.63) is 47.3 Å². The second kappa shape index (κ2) is 10.4. The van der Waals surface area contributed by atoms with Crippen LogP contribution in [0, 0.1) is 0 Å². The molecule has 1 amide bonds. The van der Waals surface area contributed by atoms with E-state index in [2.05, 4.69) is 4.99 Å². The van der Waals surface area contributed by atoms with Crippen molar-refractivity contribution in [3.8, 4) is 11.5 Å². The lowest BCUT2D eigenvalue weighted by molar-refractivity contribution is -0.143. The molecule has 0 bridgehead atoms. The highest BCUT2D eigenvalue weighted by molar-refractivity contribution is 7.91. The molecule has 0 unspecified atom stereocenters. The first-order valence-electron chi connectivity index (χ1n) is 10.8. The van der Waals surface area contributed by atoms with Gasteiger partial charge in [-0.15, -0.1) is 0 Å². The first kappa shape index (κ1) is 24.0. The fraction of sp³-hybridized carbons (Fsp3) is 0.348. The molecule has 0 spiro atoms. The van der Waals surface area contributed by atoms with E-state index in [-0.39, 0.29) is 42.6 Å². The van der Waals surface area contributed by atoms with Crippen molar-refractivity contribution in [1.82, 2.24) is 4.57 Å². The smallest absolute Gasteiger partial charge is 0.307 e. The molecule has 3 aromatic rings. The summed E-state index contributed by atoms with van der Waals surface area (Å²) in [6.45, 7) is 3.12. The van der Waals surface area contributed by atoms with Gasteiger partial charge in [-0.05, 0) is 19.1 Å². The molecule has 0 radical (unpaired) electrons. The van der Waals surface area contributed by atoms with Gasteiger partial charge >= 0.3 is 5.97 Å². The zero-order chi connectivity index (χ0) is 24.1. The van der Waals surface area contributed by atoms with Crippen molar-refractivity contribution in [2.45, 2.75) is 31.2 Å². The van der Waals surface area contributed by atoms with E-state index in [0.717, 1.165) is 10.2 Å². The normalized spacial score (nSPS) is 13.7. The number of hydrogen-bond donors (Lipinski definition) is 0. The molecule has 0 fully saturated rings. The number of carbonyl (C=O) groups excluding carboxylic acids is 2. The number of fused-ring (bicyclic) bond motifs is 2. The Morgan fingerprint density at radius 1 is 1.09 bits per heavy atom. The molecule has 2 heterocycles. The van der Waals surface area contributed by atoms with Crippen LogP contribution in [0.5, 0.6) is 11.5 Å². The monoisotopic (exact) mass is 504 g/mol. The Morgan fingerprint density at radius 2 is 1.79 bits per heavy atom. The Morgan fingerprint density at radius 3 is 2.50 bits per heavy atom. The number of sulfone groups is 1. The number of carbonyl (C=O) groups is 2. The topological polar surface area (TPSA) is 113 Å². The number of thiazole rings is 1. The fourth-order valence-corrected chi connectivity index (χ4v) is 5.81. The maximum absolute atomic E-state index is 12.6. The number of benzene rings is 2. The summed E-state index contributed by atoms with van der Waals surface area (Å²) in [5, 5.41) is 0. The van der Waals surface area contributed by atoms with E-state index >= 15 is 0 Å². The van der Waals surface area contributed by atoms with Crippen LogP contribution in [0.2, 0.25) is 0 Å². The minimum absolute atomic E-state index is 0.0951. The van der Waals surface area contributed by atoms with E-state index in [4.69, 9.17) is 14.2 Å². The predicted molar refractivity (Wildman–Crippen MR) is 126 cm³/mol. The zero-order valence-electron chi connectivity index (χ0n) is 18.6. The average Bonchev–Trinajstić information content (AvgIpc) is 3.16. The molecule has 0 saturated carbocycles. The number of ether oxygens (including phenoxy) is 3. The maximum Gasteiger partial charge on any atom is 0.307 e. The van der Waals surface area contributed by atoms with Crippen molar-refractivity contribution >= 4 is 43.3 Å². The van der Waals surface area contributed by atoms with Crippen molar-refractivity contribution < 1.29 is 32.2 Å². The van der Waals surface area contributed by atoms with E-state index in [1.54, 1.807) is 35.8 Å². The highest BCUT2D eigenvalue weighted by Gasteiger charge is 2.19. The predicted octanol–water partition coefficient (Wildman–Crippen LogP) is 2.72. The SMILES string of the molecule is CCOC(=O)CCn1c(=NC(=O)CCS(=O)(=O)c2ccccc2)sc2cc3c(cc21)OCCO3. The molecule has 11 heteroatoms. The number of amides is 1. The minimum atomic E-state index is -3.60. The Kier molecular flexibility index (Phi) is 7.32. The molecular weight excluding hydrogens is 480 g/mol. The number of hydrogen-bond acceptors (Lipinski definition) is 8. The Labute approximate surface area is 200 Å². The largest absolute Gasteiger partial charge is 0.486 e. The van der Waals surface area contributed by atoms with Crippen LogP contribution >= 0.6 is 11.3 Å². The van der Waals surface area contributed by atoms with Gasteiger partial charge in [0.15, 0.2) is 26.1 Å². The van der Waals surface area contributed by atoms with Crippen LogP contribution in [0.25, 0.3) is 10.2 Å². The molecule has 180 valence electrons. The Balaban J connectivity index is 1.63. The summed E-state index contributed by atoms with van der Waals surface area (Å²) in [4.78, 5) is 29.3. The van der Waals surface area contributed by atoms with Gasteiger partial charge in [-0.2, -0.15) is 4.99 Å². The quantitative estimate of drug-likeness (QED) is 0.434. The molecule has 0 aliphatic carbocycles. The molecule has 1 aromatic heterocycles. The minimum Gasteiger partial charge on any atom is -0.486 e. The van der Waals surface area contributed by atoms with Crippen molar-refractivity contribution in [1.29, 1.82) is 0 Å². The van der Waals surface area contributed by atoms with Gasteiger partial charge in [0.05, 0.1) is 33.9 Å². The van der Waals surface area contributed by atoms with Crippen LogP contribution in [0.15, 0.2) is 52.4 Å². The second-order valence-electron chi connectivity index (χ2n) is 7.44. The Bertz CT molecular complexity index is 1380. The van der Waals surface area contributed by atoms with E-state index < -0.39 is 15.7 Å². The third-order valence-corrected chi connectivity index (χ3v) is 7.87. The molecule has 9 nitrogen and oxygen atoms in total. The summed E-state index contributed by atoms with van der Waals surface area (Å²) in [5.74, 6) is -0.0905. The molecule has 1 aliphatic rings. The fourth-order valence-electron chi connectivity index (χ4n) is 3.47. The molecule has 2 aromatic carbocycles. The number of esters is 1. The molecule has 4 rings (SSSR count). The molecular formula is C23H24N2O7S2. The standard InChI is InChI=1S/C23H24N2O7S2/c1-2-30-22(27)8-10-25-17-14-18-19(32-12-11-31-18)15-20(17)33-23(25)24-21(26)9-13-34(28,29)16-6-4-3-5-7-16/h3-7,14-15H,2,8-13H2,1H3. The lowest BCUT2D eigenvalue weighted by Gasteiger charge is -2.18. The second-order valence-corrected chi connectivity index (χ2v) is 10.6. The van der Waals surface area contributed by atoms with Crippen molar-refractivity contribution in [3.63, 3.8) is 0 Å². The van der Waals surface area contributed by atoms with Crippen molar-refractivity contribution in [2.75, 3.05) is 25.6 Å². The van der Waals surface area contributed by atoms with E-state index in [9.17, 15) is 18.0 Å². The summed E-state index contributed by atoms with van der Waals surface area (Å²) in [6, 6.07) is 11.6. The van der Waals surface area contributed by atoms with Gasteiger partial charge in [0.1, 0.15) is 13.2 Å². The molecule has 1 aliphatic heterocycles. The highest BCUT2D eigenvalue weighted by atomic mass is 32.2. The van der Waals surface area contributed by atoms with Gasteiger partial charge in [0, 0.05) is 25.1 Å². The molecule has 0 saturated heterocycles. The lowest BCUT2D eigenvalue weighted by atomic mass is 10.2. The molecule has 0 N–H and O–H groups in total. The van der Waals surface area contributed by atoms with Gasteiger partial charge in [-0.1, -0.05) is 29.5 Å². The maximum atomic E-state index is 12.6. The van der Waals surface area contributed by atoms with Crippen LogP contribution in [0.4, 0.5) is 0 Å². The average molecular weight is 505 g/mol. The van der Waals surface area contributed by atoms with E-state index in [1.165, 1.54) is 23.5 Å². The number of aryl methyl sites for hydroxylation is 1. The first-order chi connectivity index (χ1) is 16.4. The Hall–Kier alpha value is -3.18. The first-order valence-corrected chi connectivity index (χ1v) is 13.3. The van der Waals surface area contributed by atoms with Gasteiger partial charge in [-0.3, -0.25) is 9.59 Å². The summed E-state index contributed by atoms with van der Waals surface area (Å²) in [5.41, 5.74) is 0.738. The molecule has 0 atom stereocenters. The summed E-state index contributed by atoms with van der Waals surface area (Å²) < 4.78 is 43.9. The number of nitrogens with zero attached hydrogens (tertiary/aromatic N) is 2. The van der Waals surface area contributed by atoms with Crippen LogP contribution in [0.1, 0.15) is 19.8 Å². The summed E-state index contributed by atoms with van der Waals surface area (Å²) in [7, 11) is -3.60. The summed E-state index contributed by atoms with van der Waals surface area (Å²) in [6.07, 6.45) is -0.163. The molecule has 34 heavy (non-hydrogen) atoms. The third-order valence-electron chi connectivity index (χ3n) is 5.10. The lowest BCUT2D eigenvalue weighted by Crippen LogP contribution is -2.20. The van der Waals surface area contributed by atoms with Gasteiger partial charge in [0.2, 0.25) is 5.91 Å². The highest BCUT2D eigenvalue weighted by Crippen LogP contribution is 2.35. The van der Waals surface area contributed by atoms with Crippen LogP contribution < -0.4 is 14.3 Å². The van der Waals surface area contributed by atoms with Gasteiger partial charge < -0.3 is 18.8 Å². The van der Waals surface area contributed by atoms with E-state index in [1.807, 2.05) is 6.07 Å². The number of rotatable bonds is 8. The third kappa shape index (κ3) is 5.48.